The molecular formula is C13H21NO4. The van der Waals surface area contributed by atoms with Gasteiger partial charge in [-0.2, -0.15) is 0 Å². The number of fused-ring (bicyclic) bond motifs is 1. The van der Waals surface area contributed by atoms with E-state index >= 15 is 0 Å². The summed E-state index contributed by atoms with van der Waals surface area (Å²) in [6.07, 6.45) is 1.24. The molecule has 102 valence electrons. The molecule has 0 aromatic rings. The van der Waals surface area contributed by atoms with Crippen LogP contribution in [0.1, 0.15) is 40.5 Å². The predicted molar refractivity (Wildman–Crippen MR) is 65.1 cm³/mol. The normalized spacial score (nSPS) is 37.9. The third-order valence-corrected chi connectivity index (χ3v) is 3.97. The maximum atomic E-state index is 11.8. The summed E-state index contributed by atoms with van der Waals surface area (Å²) >= 11 is 0. The minimum absolute atomic E-state index is 0.0579. The van der Waals surface area contributed by atoms with E-state index in [0.717, 1.165) is 12.8 Å². The first-order valence-electron chi connectivity index (χ1n) is 6.38. The molecule has 0 saturated heterocycles. The van der Waals surface area contributed by atoms with E-state index in [2.05, 4.69) is 5.32 Å². The molecule has 0 radical (unpaired) electrons. The van der Waals surface area contributed by atoms with Crippen LogP contribution in [0.15, 0.2) is 0 Å². The lowest BCUT2D eigenvalue weighted by Crippen LogP contribution is -2.49. The van der Waals surface area contributed by atoms with Crippen LogP contribution in [0.2, 0.25) is 0 Å². The summed E-state index contributed by atoms with van der Waals surface area (Å²) in [4.78, 5) is 22.8. The van der Waals surface area contributed by atoms with Gasteiger partial charge in [-0.15, -0.1) is 0 Å². The molecule has 0 spiro atoms. The molecule has 4 atom stereocenters. The minimum Gasteiger partial charge on any atom is -0.481 e. The molecule has 1 amide bonds. The van der Waals surface area contributed by atoms with E-state index in [1.54, 1.807) is 0 Å². The standard InChI is InChI=1S/C13H21NO4/c1-12(2,3)18-11(17)14-13(4)6-5-7-8(9(7)13)10(15)16/h7-9H,5-6H2,1-4H3,(H,14,17)(H,15,16). The first kappa shape index (κ1) is 13.2. The Bertz CT molecular complexity index is 387. The lowest BCUT2D eigenvalue weighted by molar-refractivity contribution is -0.139. The molecule has 0 aromatic carbocycles. The minimum atomic E-state index is -0.748. The van der Waals surface area contributed by atoms with Crippen LogP contribution in [-0.4, -0.2) is 28.3 Å². The highest BCUT2D eigenvalue weighted by atomic mass is 16.6. The summed E-state index contributed by atoms with van der Waals surface area (Å²) in [5.41, 5.74) is -0.968. The Morgan fingerprint density at radius 2 is 2.00 bits per heavy atom. The Morgan fingerprint density at radius 3 is 2.44 bits per heavy atom. The topological polar surface area (TPSA) is 75.6 Å². The lowest BCUT2D eigenvalue weighted by Gasteiger charge is -2.30. The highest BCUT2D eigenvalue weighted by molar-refractivity contribution is 5.76. The molecular weight excluding hydrogens is 234 g/mol. The van der Waals surface area contributed by atoms with Gasteiger partial charge in [0.1, 0.15) is 5.60 Å². The van der Waals surface area contributed by atoms with Gasteiger partial charge in [0, 0.05) is 5.54 Å². The van der Waals surface area contributed by atoms with Crippen molar-refractivity contribution < 1.29 is 19.4 Å². The number of alkyl carbamates (subject to hydrolysis) is 1. The van der Waals surface area contributed by atoms with Crippen molar-refractivity contribution >= 4 is 12.1 Å². The van der Waals surface area contributed by atoms with E-state index < -0.39 is 23.2 Å². The zero-order valence-corrected chi connectivity index (χ0v) is 11.3. The van der Waals surface area contributed by atoms with Gasteiger partial charge >= 0.3 is 12.1 Å². The van der Waals surface area contributed by atoms with E-state index in [-0.39, 0.29) is 17.8 Å². The van der Waals surface area contributed by atoms with Gasteiger partial charge in [0.25, 0.3) is 0 Å². The molecule has 0 aromatic heterocycles. The second-order valence-corrected chi connectivity index (χ2v) is 6.64. The summed E-state index contributed by atoms with van der Waals surface area (Å²) in [6, 6.07) is 0. The Morgan fingerprint density at radius 1 is 1.39 bits per heavy atom. The number of aliphatic carboxylic acids is 1. The second kappa shape index (κ2) is 3.87. The van der Waals surface area contributed by atoms with Crippen LogP contribution >= 0.6 is 0 Å². The fourth-order valence-corrected chi connectivity index (χ4v) is 3.25. The number of carboxylic acids is 1. The molecule has 0 heterocycles. The molecule has 5 nitrogen and oxygen atoms in total. The van der Waals surface area contributed by atoms with E-state index in [1.807, 2.05) is 27.7 Å². The highest BCUT2D eigenvalue weighted by Crippen LogP contribution is 2.62. The van der Waals surface area contributed by atoms with Gasteiger partial charge in [0.2, 0.25) is 0 Å². The summed E-state index contributed by atoms with van der Waals surface area (Å²) in [5, 5.41) is 11.9. The number of amides is 1. The average molecular weight is 255 g/mol. The fraction of sp³-hybridized carbons (Fsp3) is 0.846. The molecule has 0 bridgehead atoms. The molecule has 18 heavy (non-hydrogen) atoms. The van der Waals surface area contributed by atoms with Crippen molar-refractivity contribution in [2.24, 2.45) is 17.8 Å². The van der Waals surface area contributed by atoms with Crippen molar-refractivity contribution in [2.75, 3.05) is 0 Å². The summed E-state index contributed by atoms with van der Waals surface area (Å²) in [6.45, 7) is 7.35. The van der Waals surface area contributed by atoms with Crippen molar-refractivity contribution in [1.82, 2.24) is 5.32 Å². The average Bonchev–Trinajstić information content (AvgIpc) is 2.78. The SMILES string of the molecule is CC(C)(C)OC(=O)NC1(C)CCC2C(C(=O)O)C21. The molecule has 2 N–H and O–H groups in total. The zero-order chi connectivity index (χ0) is 13.7. The third-order valence-electron chi connectivity index (χ3n) is 3.97. The smallest absolute Gasteiger partial charge is 0.408 e. The number of nitrogens with one attached hydrogen (secondary N) is 1. The van der Waals surface area contributed by atoms with E-state index in [1.165, 1.54) is 0 Å². The molecule has 5 heteroatoms. The molecule has 4 unspecified atom stereocenters. The third kappa shape index (κ3) is 2.31. The van der Waals surface area contributed by atoms with Crippen molar-refractivity contribution in [3.05, 3.63) is 0 Å². The number of ether oxygens (including phenoxy) is 1. The van der Waals surface area contributed by atoms with E-state index in [4.69, 9.17) is 9.84 Å². The highest BCUT2D eigenvalue weighted by Gasteiger charge is 2.67. The number of hydrogen-bond donors (Lipinski definition) is 2. The monoisotopic (exact) mass is 255 g/mol. The van der Waals surface area contributed by atoms with Crippen molar-refractivity contribution in [3.63, 3.8) is 0 Å². The second-order valence-electron chi connectivity index (χ2n) is 6.64. The maximum absolute atomic E-state index is 11.8. The van der Waals surface area contributed by atoms with Crippen LogP contribution in [0.4, 0.5) is 4.79 Å². The number of rotatable bonds is 2. The van der Waals surface area contributed by atoms with Crippen LogP contribution in [0.3, 0.4) is 0 Å². The molecule has 2 aliphatic rings. The summed E-state index contributed by atoms with van der Waals surface area (Å²) < 4.78 is 5.23. The van der Waals surface area contributed by atoms with Crippen molar-refractivity contribution in [1.29, 1.82) is 0 Å². The van der Waals surface area contributed by atoms with Crippen LogP contribution in [-0.2, 0) is 9.53 Å². The first-order valence-corrected chi connectivity index (χ1v) is 6.38. The predicted octanol–water partition coefficient (Wildman–Crippen LogP) is 2.01. The van der Waals surface area contributed by atoms with E-state index in [0.29, 0.717) is 0 Å². The number of carboxylic acid groups (broad SMARTS) is 1. The van der Waals surface area contributed by atoms with Gasteiger partial charge in [-0.25, -0.2) is 4.79 Å². The first-order chi connectivity index (χ1) is 8.14. The molecule has 2 saturated carbocycles. The van der Waals surface area contributed by atoms with Gasteiger partial charge in [-0.05, 0) is 52.4 Å². The summed E-state index contributed by atoms with van der Waals surface area (Å²) in [7, 11) is 0. The van der Waals surface area contributed by atoms with Gasteiger partial charge in [0.05, 0.1) is 5.92 Å². The quantitative estimate of drug-likeness (QED) is 0.791. The van der Waals surface area contributed by atoms with Crippen LogP contribution in [0.25, 0.3) is 0 Å². The van der Waals surface area contributed by atoms with Gasteiger partial charge in [-0.3, -0.25) is 4.79 Å². The van der Waals surface area contributed by atoms with Gasteiger partial charge in [-0.1, -0.05) is 0 Å². The van der Waals surface area contributed by atoms with Crippen molar-refractivity contribution in [3.8, 4) is 0 Å². The molecule has 2 aliphatic carbocycles. The molecule has 2 rings (SSSR count). The zero-order valence-electron chi connectivity index (χ0n) is 11.3. The number of hydrogen-bond acceptors (Lipinski definition) is 3. The van der Waals surface area contributed by atoms with E-state index in [9.17, 15) is 9.59 Å². The van der Waals surface area contributed by atoms with Crippen LogP contribution in [0.5, 0.6) is 0 Å². The number of carbonyl (C=O) groups is 2. The molecule has 0 aliphatic heterocycles. The largest absolute Gasteiger partial charge is 0.481 e. The van der Waals surface area contributed by atoms with Crippen molar-refractivity contribution in [2.45, 2.75) is 51.7 Å². The Kier molecular flexibility index (Phi) is 2.83. The van der Waals surface area contributed by atoms with Gasteiger partial charge < -0.3 is 15.2 Å². The Labute approximate surface area is 107 Å². The Balaban J connectivity index is 1.97. The maximum Gasteiger partial charge on any atom is 0.408 e. The lowest BCUT2D eigenvalue weighted by atomic mass is 9.93. The van der Waals surface area contributed by atoms with Crippen LogP contribution in [0, 0.1) is 17.8 Å². The number of carbonyl (C=O) groups excluding carboxylic acids is 1. The van der Waals surface area contributed by atoms with Gasteiger partial charge in [0.15, 0.2) is 0 Å². The summed E-state index contributed by atoms with van der Waals surface area (Å²) in [5.74, 6) is -0.759. The fourth-order valence-electron chi connectivity index (χ4n) is 3.25. The molecule has 2 fully saturated rings. The van der Waals surface area contributed by atoms with Crippen LogP contribution < -0.4 is 5.32 Å². The Hall–Kier alpha value is -1.26.